The molecule has 2 heteroatoms. The first-order valence-corrected chi connectivity index (χ1v) is 6.37. The first-order valence-electron chi connectivity index (χ1n) is 5.58. The van der Waals surface area contributed by atoms with Gasteiger partial charge in [-0.25, -0.2) is 0 Å². The van der Waals surface area contributed by atoms with Crippen molar-refractivity contribution in [2.24, 2.45) is 0 Å². The van der Waals surface area contributed by atoms with Crippen LogP contribution in [0.2, 0.25) is 0 Å². The molecule has 0 spiro atoms. The summed E-state index contributed by atoms with van der Waals surface area (Å²) in [7, 11) is 0. The number of aryl methyl sites for hydroxylation is 1. The van der Waals surface area contributed by atoms with Crippen LogP contribution in [-0.2, 0) is 0 Å². The minimum Gasteiger partial charge on any atom is -0.361 e. The van der Waals surface area contributed by atoms with Gasteiger partial charge >= 0.3 is 0 Å². The summed E-state index contributed by atoms with van der Waals surface area (Å²) in [5.41, 5.74) is 3.68. The standard InChI is InChI=1S/C15H12BrN/c1-10-8-15(17-9-10)13-6-7-14(16)12-5-3-2-4-11(12)13/h2-9,17H,1H3. The van der Waals surface area contributed by atoms with Crippen molar-refractivity contribution >= 4 is 26.7 Å². The highest BCUT2D eigenvalue weighted by molar-refractivity contribution is 9.10. The van der Waals surface area contributed by atoms with Crippen LogP contribution in [0.5, 0.6) is 0 Å². The van der Waals surface area contributed by atoms with E-state index in [2.05, 4.69) is 70.3 Å². The van der Waals surface area contributed by atoms with Gasteiger partial charge in [0.15, 0.2) is 0 Å². The number of halogens is 1. The van der Waals surface area contributed by atoms with Gasteiger partial charge in [0.05, 0.1) is 0 Å². The van der Waals surface area contributed by atoms with Crippen LogP contribution in [0.25, 0.3) is 22.0 Å². The Morgan fingerprint density at radius 2 is 1.76 bits per heavy atom. The number of fused-ring (bicyclic) bond motifs is 1. The molecule has 1 N–H and O–H groups in total. The maximum atomic E-state index is 3.60. The third-order valence-electron chi connectivity index (χ3n) is 2.99. The fourth-order valence-corrected chi connectivity index (χ4v) is 2.63. The molecule has 1 aromatic heterocycles. The van der Waals surface area contributed by atoms with Gasteiger partial charge in [-0.15, -0.1) is 0 Å². The maximum absolute atomic E-state index is 3.60. The van der Waals surface area contributed by atoms with E-state index in [1.54, 1.807) is 0 Å². The van der Waals surface area contributed by atoms with Crippen molar-refractivity contribution in [2.75, 3.05) is 0 Å². The quantitative estimate of drug-likeness (QED) is 0.654. The summed E-state index contributed by atoms with van der Waals surface area (Å²) in [5.74, 6) is 0. The number of aromatic nitrogens is 1. The summed E-state index contributed by atoms with van der Waals surface area (Å²) in [4.78, 5) is 3.32. The fraction of sp³-hybridized carbons (Fsp3) is 0.0667. The molecule has 3 aromatic rings. The average molecular weight is 286 g/mol. The SMILES string of the molecule is Cc1c[nH]c(-c2ccc(Br)c3ccccc23)c1. The Bertz CT molecular complexity index is 682. The van der Waals surface area contributed by atoms with Gasteiger partial charge in [-0.1, -0.05) is 46.3 Å². The molecular weight excluding hydrogens is 274 g/mol. The van der Waals surface area contributed by atoms with Crippen LogP contribution < -0.4 is 0 Å². The van der Waals surface area contributed by atoms with Gasteiger partial charge in [0.2, 0.25) is 0 Å². The normalized spacial score (nSPS) is 10.9. The van der Waals surface area contributed by atoms with Crippen molar-refractivity contribution in [2.45, 2.75) is 6.92 Å². The van der Waals surface area contributed by atoms with Crippen LogP contribution in [0.1, 0.15) is 5.56 Å². The number of rotatable bonds is 1. The molecule has 3 rings (SSSR count). The zero-order valence-electron chi connectivity index (χ0n) is 9.50. The number of H-pyrrole nitrogens is 1. The van der Waals surface area contributed by atoms with Crippen molar-refractivity contribution in [3.63, 3.8) is 0 Å². The molecule has 0 aliphatic carbocycles. The van der Waals surface area contributed by atoms with E-state index in [-0.39, 0.29) is 0 Å². The zero-order valence-corrected chi connectivity index (χ0v) is 11.1. The van der Waals surface area contributed by atoms with Crippen LogP contribution in [0.4, 0.5) is 0 Å². The van der Waals surface area contributed by atoms with E-state index in [0.29, 0.717) is 0 Å². The van der Waals surface area contributed by atoms with Gasteiger partial charge in [0, 0.05) is 21.9 Å². The largest absolute Gasteiger partial charge is 0.361 e. The molecule has 84 valence electrons. The highest BCUT2D eigenvalue weighted by atomic mass is 79.9. The van der Waals surface area contributed by atoms with Gasteiger partial charge in [-0.3, -0.25) is 0 Å². The Kier molecular flexibility index (Phi) is 2.52. The van der Waals surface area contributed by atoms with E-state index in [9.17, 15) is 0 Å². The molecule has 0 fully saturated rings. The van der Waals surface area contributed by atoms with Gasteiger partial charge in [-0.05, 0) is 35.4 Å². The van der Waals surface area contributed by atoms with Crippen molar-refractivity contribution in [3.8, 4) is 11.3 Å². The Morgan fingerprint density at radius 1 is 1.00 bits per heavy atom. The first-order chi connectivity index (χ1) is 8.25. The highest BCUT2D eigenvalue weighted by Crippen LogP contribution is 2.32. The summed E-state index contributed by atoms with van der Waals surface area (Å²) < 4.78 is 1.14. The molecule has 0 aliphatic rings. The van der Waals surface area contributed by atoms with E-state index in [1.807, 2.05) is 6.20 Å². The lowest BCUT2D eigenvalue weighted by atomic mass is 10.0. The molecule has 1 heterocycles. The molecule has 2 aromatic carbocycles. The third kappa shape index (κ3) is 1.79. The lowest BCUT2D eigenvalue weighted by Gasteiger charge is -2.06. The number of hydrogen-bond donors (Lipinski definition) is 1. The smallest absolute Gasteiger partial charge is 0.0462 e. The summed E-state index contributed by atoms with van der Waals surface area (Å²) in [5, 5.41) is 2.51. The molecule has 17 heavy (non-hydrogen) atoms. The summed E-state index contributed by atoms with van der Waals surface area (Å²) >= 11 is 3.60. The van der Waals surface area contributed by atoms with Crippen LogP contribution in [0, 0.1) is 6.92 Å². The second-order valence-electron chi connectivity index (χ2n) is 4.23. The Labute approximate surface area is 109 Å². The molecule has 0 saturated carbocycles. The maximum Gasteiger partial charge on any atom is 0.0462 e. The second-order valence-corrected chi connectivity index (χ2v) is 5.09. The molecular formula is C15H12BrN. The van der Waals surface area contributed by atoms with Crippen LogP contribution in [0.3, 0.4) is 0 Å². The second kappa shape index (κ2) is 4.04. The predicted molar refractivity (Wildman–Crippen MR) is 76.2 cm³/mol. The minimum atomic E-state index is 1.14. The van der Waals surface area contributed by atoms with Crippen molar-refractivity contribution in [1.29, 1.82) is 0 Å². The average Bonchev–Trinajstić information content (AvgIpc) is 2.77. The lowest BCUT2D eigenvalue weighted by Crippen LogP contribution is -1.82. The Balaban J connectivity index is 2.34. The Hall–Kier alpha value is -1.54. The van der Waals surface area contributed by atoms with Crippen LogP contribution >= 0.6 is 15.9 Å². The third-order valence-corrected chi connectivity index (χ3v) is 3.68. The van der Waals surface area contributed by atoms with E-state index < -0.39 is 0 Å². The van der Waals surface area contributed by atoms with Crippen molar-refractivity contribution < 1.29 is 0 Å². The summed E-state index contributed by atoms with van der Waals surface area (Å²) in [6.45, 7) is 2.10. The minimum absolute atomic E-state index is 1.14. The molecule has 1 nitrogen and oxygen atoms in total. The number of benzene rings is 2. The molecule has 0 unspecified atom stereocenters. The lowest BCUT2D eigenvalue weighted by molar-refractivity contribution is 1.39. The monoisotopic (exact) mass is 285 g/mol. The van der Waals surface area contributed by atoms with Crippen LogP contribution in [-0.4, -0.2) is 4.98 Å². The van der Waals surface area contributed by atoms with Crippen molar-refractivity contribution in [1.82, 2.24) is 4.98 Å². The zero-order chi connectivity index (χ0) is 11.8. The van der Waals surface area contributed by atoms with E-state index in [0.717, 1.165) is 4.47 Å². The molecule has 0 atom stereocenters. The Morgan fingerprint density at radius 3 is 2.47 bits per heavy atom. The van der Waals surface area contributed by atoms with E-state index >= 15 is 0 Å². The fourth-order valence-electron chi connectivity index (χ4n) is 2.16. The van der Waals surface area contributed by atoms with Gasteiger partial charge in [-0.2, -0.15) is 0 Å². The van der Waals surface area contributed by atoms with Gasteiger partial charge in [0.1, 0.15) is 0 Å². The van der Waals surface area contributed by atoms with E-state index in [4.69, 9.17) is 0 Å². The van der Waals surface area contributed by atoms with Gasteiger partial charge < -0.3 is 4.98 Å². The topological polar surface area (TPSA) is 15.8 Å². The number of aromatic amines is 1. The predicted octanol–water partition coefficient (Wildman–Crippen LogP) is 4.91. The number of nitrogens with one attached hydrogen (secondary N) is 1. The highest BCUT2D eigenvalue weighted by Gasteiger charge is 2.06. The molecule has 0 saturated heterocycles. The van der Waals surface area contributed by atoms with Crippen molar-refractivity contribution in [3.05, 3.63) is 58.7 Å². The molecule has 0 bridgehead atoms. The number of hydrogen-bond acceptors (Lipinski definition) is 0. The summed E-state index contributed by atoms with van der Waals surface area (Å²) in [6.07, 6.45) is 2.03. The van der Waals surface area contributed by atoms with Crippen LogP contribution in [0.15, 0.2) is 53.1 Å². The first kappa shape index (κ1) is 10.6. The molecule has 0 amide bonds. The molecule has 0 radical (unpaired) electrons. The van der Waals surface area contributed by atoms with E-state index in [1.165, 1.54) is 27.6 Å². The van der Waals surface area contributed by atoms with Gasteiger partial charge in [0.25, 0.3) is 0 Å². The summed E-state index contributed by atoms with van der Waals surface area (Å²) in [6, 6.07) is 14.9. The molecule has 0 aliphatic heterocycles.